The molecule has 0 spiro atoms. The Labute approximate surface area is 208 Å². The number of carbonyl (C=O) groups excluding carboxylic acids is 1. The third-order valence-corrected chi connectivity index (χ3v) is 7.76. The van der Waals surface area contributed by atoms with Crippen LogP contribution in [0, 0.1) is 13.8 Å². The standard InChI is InChI=1S/C27H20BrNO4S/c1-14-15(2)34-25(29-14)24-20(28)11-12-21-22(24)19(23(26(30)32-3)27(31)33-21)13-17-9-6-8-16-7-4-5-10-18(16)17/h4-12H,13H2,1-3H3. The molecule has 7 heteroatoms. The summed E-state index contributed by atoms with van der Waals surface area (Å²) in [7, 11) is 1.27. The zero-order chi connectivity index (χ0) is 24.0. The number of benzene rings is 3. The van der Waals surface area contributed by atoms with E-state index < -0.39 is 11.6 Å². The number of rotatable bonds is 4. The van der Waals surface area contributed by atoms with Gasteiger partial charge >= 0.3 is 11.6 Å². The molecule has 0 radical (unpaired) electrons. The smallest absolute Gasteiger partial charge is 0.351 e. The van der Waals surface area contributed by atoms with E-state index in [1.807, 2.05) is 62.4 Å². The number of thiazole rings is 1. The molecule has 3 aromatic carbocycles. The van der Waals surface area contributed by atoms with Crippen LogP contribution in [0.1, 0.15) is 32.1 Å². The fourth-order valence-electron chi connectivity index (χ4n) is 4.25. The summed E-state index contributed by atoms with van der Waals surface area (Å²) in [6.07, 6.45) is 0.348. The highest BCUT2D eigenvalue weighted by atomic mass is 79.9. The summed E-state index contributed by atoms with van der Waals surface area (Å²) in [6.45, 7) is 3.98. The highest BCUT2D eigenvalue weighted by molar-refractivity contribution is 9.10. The zero-order valence-electron chi connectivity index (χ0n) is 18.8. The van der Waals surface area contributed by atoms with Crippen LogP contribution in [0.15, 0.2) is 68.3 Å². The molecular weight excluding hydrogens is 514 g/mol. The lowest BCUT2D eigenvalue weighted by Crippen LogP contribution is -2.19. The molecule has 0 amide bonds. The maximum Gasteiger partial charge on any atom is 0.351 e. The Morgan fingerprint density at radius 1 is 1.09 bits per heavy atom. The highest BCUT2D eigenvalue weighted by Gasteiger charge is 2.26. The lowest BCUT2D eigenvalue weighted by molar-refractivity contribution is 0.0595. The van der Waals surface area contributed by atoms with E-state index in [0.29, 0.717) is 23.0 Å². The number of nitrogens with zero attached hydrogens (tertiary/aromatic N) is 1. The summed E-state index contributed by atoms with van der Waals surface area (Å²) in [5, 5.41) is 3.60. The number of fused-ring (bicyclic) bond motifs is 2. The van der Waals surface area contributed by atoms with Gasteiger partial charge in [-0.15, -0.1) is 11.3 Å². The Kier molecular flexibility index (Phi) is 5.83. The van der Waals surface area contributed by atoms with Gasteiger partial charge in [-0.2, -0.15) is 0 Å². The number of halogens is 1. The molecule has 2 heterocycles. The van der Waals surface area contributed by atoms with Gasteiger partial charge in [0.15, 0.2) is 0 Å². The lowest BCUT2D eigenvalue weighted by atomic mass is 9.92. The maximum absolute atomic E-state index is 13.0. The minimum absolute atomic E-state index is 0.0905. The van der Waals surface area contributed by atoms with Gasteiger partial charge in [-0.1, -0.05) is 58.4 Å². The third kappa shape index (κ3) is 3.75. The van der Waals surface area contributed by atoms with Crippen molar-refractivity contribution in [2.45, 2.75) is 20.3 Å². The molecule has 2 aromatic heterocycles. The molecule has 0 bridgehead atoms. The van der Waals surface area contributed by atoms with Gasteiger partial charge in [-0.3, -0.25) is 0 Å². The third-order valence-electron chi connectivity index (χ3n) is 6.01. The first-order chi connectivity index (χ1) is 16.4. The molecule has 0 saturated heterocycles. The Morgan fingerprint density at radius 2 is 1.85 bits per heavy atom. The normalized spacial score (nSPS) is 11.3. The molecule has 5 rings (SSSR count). The van der Waals surface area contributed by atoms with E-state index in [0.717, 1.165) is 42.0 Å². The van der Waals surface area contributed by atoms with E-state index in [-0.39, 0.29) is 5.56 Å². The number of carbonyl (C=O) groups is 1. The minimum Gasteiger partial charge on any atom is -0.465 e. The van der Waals surface area contributed by atoms with Crippen molar-refractivity contribution in [1.82, 2.24) is 4.98 Å². The first-order valence-electron chi connectivity index (χ1n) is 10.7. The van der Waals surface area contributed by atoms with Crippen LogP contribution in [0.5, 0.6) is 0 Å². The Hall–Kier alpha value is -3.29. The number of hydrogen-bond acceptors (Lipinski definition) is 6. The fraction of sp³-hybridized carbons (Fsp3) is 0.148. The zero-order valence-corrected chi connectivity index (χ0v) is 21.2. The van der Waals surface area contributed by atoms with Crippen LogP contribution in [-0.2, 0) is 11.2 Å². The van der Waals surface area contributed by atoms with Crippen LogP contribution in [0.3, 0.4) is 0 Å². The van der Waals surface area contributed by atoms with Crippen molar-refractivity contribution in [3.8, 4) is 10.6 Å². The lowest BCUT2D eigenvalue weighted by Gasteiger charge is -2.15. The summed E-state index contributed by atoms with van der Waals surface area (Å²) in [4.78, 5) is 31.7. The second-order valence-corrected chi connectivity index (χ2v) is 10.1. The van der Waals surface area contributed by atoms with Gasteiger partial charge in [0.05, 0.1) is 12.8 Å². The van der Waals surface area contributed by atoms with Crippen LogP contribution >= 0.6 is 27.3 Å². The molecule has 5 nitrogen and oxygen atoms in total. The van der Waals surface area contributed by atoms with Crippen LogP contribution < -0.4 is 5.63 Å². The van der Waals surface area contributed by atoms with Crippen molar-refractivity contribution in [2.24, 2.45) is 0 Å². The number of aryl methyl sites for hydroxylation is 2. The van der Waals surface area contributed by atoms with Crippen molar-refractivity contribution < 1.29 is 13.9 Å². The first kappa shape index (κ1) is 22.5. The topological polar surface area (TPSA) is 69.4 Å². The summed E-state index contributed by atoms with van der Waals surface area (Å²) in [5.74, 6) is -0.719. The number of hydrogen-bond donors (Lipinski definition) is 0. The van der Waals surface area contributed by atoms with E-state index in [1.165, 1.54) is 7.11 Å². The number of ether oxygens (including phenoxy) is 1. The molecular formula is C27H20BrNO4S. The molecule has 0 unspecified atom stereocenters. The molecule has 0 aliphatic heterocycles. The average molecular weight is 534 g/mol. The number of esters is 1. The van der Waals surface area contributed by atoms with Gasteiger partial charge in [-0.05, 0) is 54.3 Å². The Balaban J connectivity index is 1.90. The quantitative estimate of drug-likeness (QED) is 0.187. The van der Waals surface area contributed by atoms with Crippen molar-refractivity contribution in [3.63, 3.8) is 0 Å². The molecule has 34 heavy (non-hydrogen) atoms. The molecule has 0 fully saturated rings. The van der Waals surface area contributed by atoms with Crippen LogP contribution in [0.4, 0.5) is 0 Å². The van der Waals surface area contributed by atoms with Gasteiger partial charge < -0.3 is 9.15 Å². The van der Waals surface area contributed by atoms with E-state index in [1.54, 1.807) is 17.4 Å². The predicted molar refractivity (Wildman–Crippen MR) is 139 cm³/mol. The van der Waals surface area contributed by atoms with Gasteiger partial charge in [-0.25, -0.2) is 14.6 Å². The van der Waals surface area contributed by atoms with E-state index in [4.69, 9.17) is 14.1 Å². The highest BCUT2D eigenvalue weighted by Crippen LogP contribution is 2.41. The largest absolute Gasteiger partial charge is 0.465 e. The second kappa shape index (κ2) is 8.81. The summed E-state index contributed by atoms with van der Waals surface area (Å²) >= 11 is 5.24. The second-order valence-electron chi connectivity index (χ2n) is 8.01. The fourth-order valence-corrected chi connectivity index (χ4v) is 5.88. The molecule has 0 aliphatic rings. The summed E-state index contributed by atoms with van der Waals surface area (Å²) in [5.41, 5.74) is 2.88. The monoisotopic (exact) mass is 533 g/mol. The average Bonchev–Trinajstić information content (AvgIpc) is 3.16. The molecule has 5 aromatic rings. The van der Waals surface area contributed by atoms with E-state index in [9.17, 15) is 9.59 Å². The Morgan fingerprint density at radius 3 is 2.59 bits per heavy atom. The SMILES string of the molecule is COC(=O)c1c(Cc2cccc3ccccc23)c2c(-c3nc(C)c(C)s3)c(Br)ccc2oc1=O. The molecule has 170 valence electrons. The van der Waals surface area contributed by atoms with E-state index in [2.05, 4.69) is 15.9 Å². The Bertz CT molecular complexity index is 1630. The van der Waals surface area contributed by atoms with Crippen molar-refractivity contribution >= 4 is 55.0 Å². The minimum atomic E-state index is -0.719. The molecule has 0 aliphatic carbocycles. The van der Waals surface area contributed by atoms with Crippen molar-refractivity contribution in [3.05, 3.63) is 96.8 Å². The van der Waals surface area contributed by atoms with Crippen molar-refractivity contribution in [2.75, 3.05) is 7.11 Å². The summed E-state index contributed by atoms with van der Waals surface area (Å²) in [6, 6.07) is 17.7. The first-order valence-corrected chi connectivity index (χ1v) is 12.3. The molecule has 0 atom stereocenters. The van der Waals surface area contributed by atoms with Gasteiger partial charge in [0.1, 0.15) is 16.2 Å². The van der Waals surface area contributed by atoms with Gasteiger partial charge in [0.25, 0.3) is 0 Å². The van der Waals surface area contributed by atoms with Crippen LogP contribution in [-0.4, -0.2) is 18.1 Å². The predicted octanol–water partition coefficient (Wildman–Crippen LogP) is 6.83. The van der Waals surface area contributed by atoms with E-state index >= 15 is 0 Å². The van der Waals surface area contributed by atoms with Crippen molar-refractivity contribution in [1.29, 1.82) is 0 Å². The molecule has 0 N–H and O–H groups in total. The van der Waals surface area contributed by atoms with Crippen LogP contribution in [0.25, 0.3) is 32.3 Å². The molecule has 0 saturated carbocycles. The number of methoxy groups -OCH3 is 1. The summed E-state index contributed by atoms with van der Waals surface area (Å²) < 4.78 is 11.4. The maximum atomic E-state index is 13.0. The van der Waals surface area contributed by atoms with Gasteiger partial charge in [0, 0.05) is 20.3 Å². The van der Waals surface area contributed by atoms with Crippen LogP contribution in [0.2, 0.25) is 0 Å². The van der Waals surface area contributed by atoms with Gasteiger partial charge in [0.2, 0.25) is 0 Å². The number of aromatic nitrogens is 1.